The first-order valence-electron chi connectivity index (χ1n) is 5.32. The summed E-state index contributed by atoms with van der Waals surface area (Å²) in [5.74, 6) is -0.864. The second-order valence-corrected chi connectivity index (χ2v) is 3.97. The maximum absolute atomic E-state index is 10.4. The first-order chi connectivity index (χ1) is 7.74. The van der Waals surface area contributed by atoms with Gasteiger partial charge in [0.1, 0.15) is 0 Å². The highest BCUT2D eigenvalue weighted by atomic mass is 16.5. The van der Waals surface area contributed by atoms with Crippen LogP contribution >= 0.6 is 0 Å². The second-order valence-electron chi connectivity index (χ2n) is 3.97. The SMILES string of the molecule is O=C(O)C=C1CC(OCc2ccccc2)C1. The van der Waals surface area contributed by atoms with E-state index < -0.39 is 5.97 Å². The van der Waals surface area contributed by atoms with Gasteiger partial charge in [-0.1, -0.05) is 35.9 Å². The summed E-state index contributed by atoms with van der Waals surface area (Å²) in [5, 5.41) is 8.53. The highest BCUT2D eigenvalue weighted by Crippen LogP contribution is 2.29. The van der Waals surface area contributed by atoms with Gasteiger partial charge < -0.3 is 9.84 Å². The molecule has 1 aliphatic rings. The van der Waals surface area contributed by atoms with Crippen LogP contribution in [0.5, 0.6) is 0 Å². The van der Waals surface area contributed by atoms with Gasteiger partial charge in [-0.3, -0.25) is 0 Å². The van der Waals surface area contributed by atoms with E-state index in [1.54, 1.807) is 0 Å². The Morgan fingerprint density at radius 2 is 2.06 bits per heavy atom. The molecule has 0 aliphatic heterocycles. The summed E-state index contributed by atoms with van der Waals surface area (Å²) in [5.41, 5.74) is 2.11. The Hall–Kier alpha value is -1.61. The average molecular weight is 218 g/mol. The minimum Gasteiger partial charge on any atom is -0.478 e. The maximum Gasteiger partial charge on any atom is 0.328 e. The second kappa shape index (κ2) is 4.94. The molecule has 0 amide bonds. The van der Waals surface area contributed by atoms with Crippen LogP contribution in [0.4, 0.5) is 0 Å². The molecule has 1 N–H and O–H groups in total. The highest BCUT2D eigenvalue weighted by molar-refractivity contribution is 5.81. The van der Waals surface area contributed by atoms with Crippen LogP contribution in [0.1, 0.15) is 18.4 Å². The first-order valence-corrected chi connectivity index (χ1v) is 5.32. The third-order valence-electron chi connectivity index (χ3n) is 2.64. The number of carboxylic acids is 1. The lowest BCUT2D eigenvalue weighted by molar-refractivity contribution is -0.131. The van der Waals surface area contributed by atoms with Gasteiger partial charge in [0.05, 0.1) is 12.7 Å². The van der Waals surface area contributed by atoms with E-state index in [9.17, 15) is 4.79 Å². The van der Waals surface area contributed by atoms with E-state index in [0.717, 1.165) is 24.0 Å². The van der Waals surface area contributed by atoms with Gasteiger partial charge in [0, 0.05) is 6.08 Å². The predicted molar refractivity (Wildman–Crippen MR) is 60.0 cm³/mol. The Bertz CT molecular complexity index is 387. The molecule has 84 valence electrons. The lowest BCUT2D eigenvalue weighted by Gasteiger charge is -2.28. The summed E-state index contributed by atoms with van der Waals surface area (Å²) in [6.07, 6.45) is 2.96. The van der Waals surface area contributed by atoms with E-state index in [1.807, 2.05) is 30.3 Å². The van der Waals surface area contributed by atoms with E-state index in [1.165, 1.54) is 6.08 Å². The lowest BCUT2D eigenvalue weighted by Crippen LogP contribution is -2.24. The Kier molecular flexibility index (Phi) is 3.37. The van der Waals surface area contributed by atoms with Gasteiger partial charge in [-0.2, -0.15) is 0 Å². The number of hydrogen-bond acceptors (Lipinski definition) is 2. The zero-order valence-corrected chi connectivity index (χ0v) is 8.93. The fraction of sp³-hybridized carbons (Fsp3) is 0.308. The molecule has 0 unspecified atom stereocenters. The van der Waals surface area contributed by atoms with Gasteiger partial charge in [0.2, 0.25) is 0 Å². The molecule has 0 heterocycles. The molecule has 0 spiro atoms. The van der Waals surface area contributed by atoms with Crippen molar-refractivity contribution in [3.63, 3.8) is 0 Å². The minimum absolute atomic E-state index is 0.186. The van der Waals surface area contributed by atoms with Gasteiger partial charge in [-0.25, -0.2) is 4.79 Å². The Morgan fingerprint density at radius 1 is 1.38 bits per heavy atom. The molecule has 16 heavy (non-hydrogen) atoms. The van der Waals surface area contributed by atoms with Crippen molar-refractivity contribution in [3.05, 3.63) is 47.5 Å². The third kappa shape index (κ3) is 2.94. The van der Waals surface area contributed by atoms with Crippen LogP contribution in [-0.2, 0) is 16.1 Å². The predicted octanol–water partition coefficient (Wildman–Crippen LogP) is 2.38. The Morgan fingerprint density at radius 3 is 2.69 bits per heavy atom. The van der Waals surface area contributed by atoms with Gasteiger partial charge in [0.15, 0.2) is 0 Å². The molecule has 1 aromatic carbocycles. The molecule has 0 radical (unpaired) electrons. The zero-order chi connectivity index (χ0) is 11.4. The summed E-state index contributed by atoms with van der Waals surface area (Å²) >= 11 is 0. The van der Waals surface area contributed by atoms with Crippen molar-refractivity contribution in [3.8, 4) is 0 Å². The van der Waals surface area contributed by atoms with Crippen LogP contribution in [-0.4, -0.2) is 17.2 Å². The normalized spacial score (nSPS) is 19.0. The molecule has 1 fully saturated rings. The standard InChI is InChI=1S/C13H14O3/c14-13(15)8-11-6-12(7-11)16-9-10-4-2-1-3-5-10/h1-5,8,12H,6-7,9H2,(H,14,15). The molecule has 1 saturated carbocycles. The van der Waals surface area contributed by atoms with E-state index in [2.05, 4.69) is 0 Å². The largest absolute Gasteiger partial charge is 0.478 e. The number of hydrogen-bond donors (Lipinski definition) is 1. The molecule has 0 aromatic heterocycles. The van der Waals surface area contributed by atoms with Crippen LogP contribution in [0, 0.1) is 0 Å². The monoisotopic (exact) mass is 218 g/mol. The Labute approximate surface area is 94.4 Å². The summed E-state index contributed by atoms with van der Waals surface area (Å²) < 4.78 is 5.64. The zero-order valence-electron chi connectivity index (χ0n) is 8.93. The van der Waals surface area contributed by atoms with Crippen LogP contribution in [0.25, 0.3) is 0 Å². The quantitative estimate of drug-likeness (QED) is 0.789. The number of rotatable bonds is 4. The fourth-order valence-electron chi connectivity index (χ4n) is 1.72. The van der Waals surface area contributed by atoms with Gasteiger partial charge in [0.25, 0.3) is 0 Å². The van der Waals surface area contributed by atoms with Gasteiger partial charge in [-0.05, 0) is 18.4 Å². The number of carboxylic acid groups (broad SMARTS) is 1. The summed E-state index contributed by atoms with van der Waals surface area (Å²) in [6, 6.07) is 9.98. The molecule has 1 aromatic rings. The van der Waals surface area contributed by atoms with Crippen molar-refractivity contribution in [1.29, 1.82) is 0 Å². The molecule has 2 rings (SSSR count). The van der Waals surface area contributed by atoms with Crippen LogP contribution in [0.15, 0.2) is 42.0 Å². The molecule has 1 aliphatic carbocycles. The van der Waals surface area contributed by atoms with Crippen molar-refractivity contribution in [2.75, 3.05) is 0 Å². The van der Waals surface area contributed by atoms with Crippen LogP contribution < -0.4 is 0 Å². The number of benzene rings is 1. The van der Waals surface area contributed by atoms with E-state index >= 15 is 0 Å². The van der Waals surface area contributed by atoms with E-state index in [4.69, 9.17) is 9.84 Å². The average Bonchev–Trinajstić information content (AvgIpc) is 2.22. The molecular weight excluding hydrogens is 204 g/mol. The molecule has 3 nitrogen and oxygen atoms in total. The van der Waals surface area contributed by atoms with E-state index in [-0.39, 0.29) is 6.10 Å². The molecular formula is C13H14O3. The molecule has 0 saturated heterocycles. The van der Waals surface area contributed by atoms with Crippen molar-refractivity contribution in [2.24, 2.45) is 0 Å². The van der Waals surface area contributed by atoms with Crippen LogP contribution in [0.2, 0.25) is 0 Å². The summed E-state index contributed by atoms with van der Waals surface area (Å²) in [4.78, 5) is 10.4. The maximum atomic E-state index is 10.4. The minimum atomic E-state index is -0.864. The topological polar surface area (TPSA) is 46.5 Å². The lowest BCUT2D eigenvalue weighted by atomic mass is 9.88. The van der Waals surface area contributed by atoms with E-state index in [0.29, 0.717) is 6.61 Å². The van der Waals surface area contributed by atoms with Crippen molar-refractivity contribution < 1.29 is 14.6 Å². The molecule has 0 atom stereocenters. The highest BCUT2D eigenvalue weighted by Gasteiger charge is 2.24. The van der Waals surface area contributed by atoms with Crippen molar-refractivity contribution in [2.45, 2.75) is 25.6 Å². The molecule has 0 bridgehead atoms. The van der Waals surface area contributed by atoms with Crippen molar-refractivity contribution >= 4 is 5.97 Å². The number of carbonyl (C=O) groups is 1. The van der Waals surface area contributed by atoms with Crippen LogP contribution in [0.3, 0.4) is 0 Å². The fourth-order valence-corrected chi connectivity index (χ4v) is 1.72. The number of ether oxygens (including phenoxy) is 1. The number of aliphatic carboxylic acids is 1. The van der Waals surface area contributed by atoms with Crippen molar-refractivity contribution in [1.82, 2.24) is 0 Å². The van der Waals surface area contributed by atoms with Gasteiger partial charge in [-0.15, -0.1) is 0 Å². The summed E-state index contributed by atoms with van der Waals surface area (Å²) in [6.45, 7) is 0.603. The van der Waals surface area contributed by atoms with Gasteiger partial charge >= 0.3 is 5.97 Å². The Balaban J connectivity index is 1.73. The third-order valence-corrected chi connectivity index (χ3v) is 2.64. The first kappa shape index (κ1) is 10.9. The summed E-state index contributed by atoms with van der Waals surface area (Å²) in [7, 11) is 0. The smallest absolute Gasteiger partial charge is 0.328 e. The molecule has 3 heteroatoms.